The van der Waals surface area contributed by atoms with Crippen LogP contribution < -0.4 is 15.8 Å². The van der Waals surface area contributed by atoms with E-state index in [0.29, 0.717) is 10.6 Å². The Kier molecular flexibility index (Phi) is 4.71. The zero-order chi connectivity index (χ0) is 19.7. The van der Waals surface area contributed by atoms with Crippen molar-refractivity contribution in [1.82, 2.24) is 4.98 Å². The predicted molar refractivity (Wildman–Crippen MR) is 115 cm³/mol. The van der Waals surface area contributed by atoms with Crippen LogP contribution in [0.15, 0.2) is 60.7 Å². The molecule has 0 atom stereocenters. The van der Waals surface area contributed by atoms with Gasteiger partial charge in [0, 0.05) is 16.6 Å². The third kappa shape index (κ3) is 3.42. The third-order valence-corrected chi connectivity index (χ3v) is 5.56. The van der Waals surface area contributed by atoms with Crippen LogP contribution in [0.1, 0.15) is 15.2 Å². The Hall–Kier alpha value is -3.38. The molecule has 0 unspecified atom stereocenters. The van der Waals surface area contributed by atoms with Gasteiger partial charge in [0.1, 0.15) is 15.5 Å². The number of pyridine rings is 1. The molecule has 0 aliphatic rings. The number of amides is 1. The highest BCUT2D eigenvalue weighted by molar-refractivity contribution is 7.21. The first-order valence-electron chi connectivity index (χ1n) is 8.76. The van der Waals surface area contributed by atoms with E-state index in [4.69, 9.17) is 15.5 Å². The highest BCUT2D eigenvalue weighted by Crippen LogP contribution is 2.35. The number of aromatic nitrogens is 1. The van der Waals surface area contributed by atoms with Gasteiger partial charge in [-0.05, 0) is 48.9 Å². The highest BCUT2D eigenvalue weighted by Gasteiger charge is 2.18. The fourth-order valence-electron chi connectivity index (χ4n) is 3.02. The SMILES string of the molecule is COc1cccc(-c2ccc3c(N)c(C(=O)Nc4cccc(C)c4)sc3n2)c1. The average Bonchev–Trinajstić information content (AvgIpc) is 3.04. The standard InChI is InChI=1S/C22H19N3O2S/c1-13-5-3-7-15(11-13)24-21(26)20-19(23)17-9-10-18(25-22(17)28-20)14-6-4-8-16(12-14)27-2/h3-12H,23H2,1-2H3,(H,24,26). The van der Waals surface area contributed by atoms with Crippen LogP contribution >= 0.6 is 11.3 Å². The lowest BCUT2D eigenvalue weighted by molar-refractivity contribution is 0.103. The largest absolute Gasteiger partial charge is 0.497 e. The van der Waals surface area contributed by atoms with E-state index in [2.05, 4.69) is 5.32 Å². The topological polar surface area (TPSA) is 77.2 Å². The molecule has 0 radical (unpaired) electrons. The second-order valence-electron chi connectivity index (χ2n) is 6.45. The first-order chi connectivity index (χ1) is 13.5. The van der Waals surface area contributed by atoms with Gasteiger partial charge >= 0.3 is 0 Å². The number of aryl methyl sites for hydroxylation is 1. The quantitative estimate of drug-likeness (QED) is 0.508. The van der Waals surface area contributed by atoms with Crippen molar-refractivity contribution in [3.63, 3.8) is 0 Å². The van der Waals surface area contributed by atoms with E-state index in [9.17, 15) is 4.79 Å². The molecule has 0 spiro atoms. The van der Waals surface area contributed by atoms with Crippen molar-refractivity contribution in [2.75, 3.05) is 18.2 Å². The fraction of sp³-hybridized carbons (Fsp3) is 0.0909. The van der Waals surface area contributed by atoms with Crippen molar-refractivity contribution < 1.29 is 9.53 Å². The van der Waals surface area contributed by atoms with E-state index in [1.165, 1.54) is 11.3 Å². The number of benzene rings is 2. The number of rotatable bonds is 4. The molecular formula is C22H19N3O2S. The maximum atomic E-state index is 12.7. The second kappa shape index (κ2) is 7.32. The van der Waals surface area contributed by atoms with Gasteiger partial charge in [0.05, 0.1) is 18.5 Å². The van der Waals surface area contributed by atoms with Crippen LogP contribution in [0.2, 0.25) is 0 Å². The van der Waals surface area contributed by atoms with Crippen molar-refractivity contribution in [2.24, 2.45) is 0 Å². The van der Waals surface area contributed by atoms with E-state index in [1.54, 1.807) is 7.11 Å². The Morgan fingerprint density at radius 3 is 2.71 bits per heavy atom. The number of nitrogens with two attached hydrogens (primary N) is 1. The molecule has 0 bridgehead atoms. The smallest absolute Gasteiger partial charge is 0.267 e. The summed E-state index contributed by atoms with van der Waals surface area (Å²) in [6.45, 7) is 1.98. The van der Waals surface area contributed by atoms with E-state index < -0.39 is 0 Å². The fourth-order valence-corrected chi connectivity index (χ4v) is 4.01. The summed E-state index contributed by atoms with van der Waals surface area (Å²) < 4.78 is 5.29. The van der Waals surface area contributed by atoms with Crippen LogP contribution in [0.4, 0.5) is 11.4 Å². The van der Waals surface area contributed by atoms with Gasteiger partial charge in [-0.25, -0.2) is 4.98 Å². The molecule has 140 valence electrons. The van der Waals surface area contributed by atoms with E-state index in [-0.39, 0.29) is 5.91 Å². The number of hydrogen-bond donors (Lipinski definition) is 2. The van der Waals surface area contributed by atoms with Crippen LogP contribution in [-0.4, -0.2) is 18.0 Å². The summed E-state index contributed by atoms with van der Waals surface area (Å²) in [5, 5.41) is 3.69. The van der Waals surface area contributed by atoms with E-state index >= 15 is 0 Å². The van der Waals surface area contributed by atoms with E-state index in [1.807, 2.05) is 67.6 Å². The van der Waals surface area contributed by atoms with Gasteiger partial charge in [-0.15, -0.1) is 11.3 Å². The zero-order valence-electron chi connectivity index (χ0n) is 15.5. The molecule has 2 aromatic carbocycles. The minimum Gasteiger partial charge on any atom is -0.497 e. The van der Waals surface area contributed by atoms with Crippen LogP contribution in [0, 0.1) is 6.92 Å². The summed E-state index contributed by atoms with van der Waals surface area (Å²) >= 11 is 1.29. The molecule has 2 aromatic heterocycles. The molecule has 6 heteroatoms. The van der Waals surface area contributed by atoms with Gasteiger partial charge < -0.3 is 15.8 Å². The van der Waals surface area contributed by atoms with Gasteiger partial charge in [-0.2, -0.15) is 0 Å². The summed E-state index contributed by atoms with van der Waals surface area (Å²) in [6, 6.07) is 19.2. The van der Waals surface area contributed by atoms with Crippen molar-refractivity contribution in [3.05, 3.63) is 71.1 Å². The molecule has 4 aromatic rings. The van der Waals surface area contributed by atoms with Gasteiger partial charge in [0.25, 0.3) is 5.91 Å². The monoisotopic (exact) mass is 389 g/mol. The third-order valence-electron chi connectivity index (χ3n) is 4.44. The minimum atomic E-state index is -0.228. The number of carbonyl (C=O) groups excluding carboxylic acids is 1. The molecule has 0 aliphatic heterocycles. The lowest BCUT2D eigenvalue weighted by Gasteiger charge is -2.05. The first kappa shape index (κ1) is 18.0. The van der Waals surface area contributed by atoms with Crippen LogP contribution in [-0.2, 0) is 0 Å². The Balaban J connectivity index is 1.69. The molecule has 1 amide bonds. The summed E-state index contributed by atoms with van der Waals surface area (Å²) in [7, 11) is 1.63. The average molecular weight is 389 g/mol. The number of carbonyl (C=O) groups is 1. The number of ether oxygens (including phenoxy) is 1. The minimum absolute atomic E-state index is 0.228. The number of anilines is 2. The lowest BCUT2D eigenvalue weighted by Crippen LogP contribution is -2.11. The number of methoxy groups -OCH3 is 1. The normalized spacial score (nSPS) is 10.8. The molecular weight excluding hydrogens is 370 g/mol. The van der Waals surface area contributed by atoms with Crippen LogP contribution in [0.5, 0.6) is 5.75 Å². The highest BCUT2D eigenvalue weighted by atomic mass is 32.1. The van der Waals surface area contributed by atoms with Crippen molar-refractivity contribution in [1.29, 1.82) is 0 Å². The molecule has 28 heavy (non-hydrogen) atoms. The number of thiophene rings is 1. The zero-order valence-corrected chi connectivity index (χ0v) is 16.3. The molecule has 0 fully saturated rings. The molecule has 3 N–H and O–H groups in total. The Bertz CT molecular complexity index is 1180. The van der Waals surface area contributed by atoms with Crippen molar-refractivity contribution in [3.8, 4) is 17.0 Å². The summed E-state index contributed by atoms with van der Waals surface area (Å²) in [5.41, 5.74) is 10.3. The van der Waals surface area contributed by atoms with Crippen LogP contribution in [0.3, 0.4) is 0 Å². The maximum Gasteiger partial charge on any atom is 0.267 e. The van der Waals surface area contributed by atoms with Gasteiger partial charge in [-0.1, -0.05) is 24.3 Å². The van der Waals surface area contributed by atoms with E-state index in [0.717, 1.165) is 38.5 Å². The number of nitrogen functional groups attached to an aromatic ring is 1. The summed E-state index contributed by atoms with van der Waals surface area (Å²) in [6.07, 6.45) is 0. The summed E-state index contributed by atoms with van der Waals surface area (Å²) in [4.78, 5) is 18.6. The number of nitrogens with zero attached hydrogens (tertiary/aromatic N) is 1. The Morgan fingerprint density at radius 1 is 1.11 bits per heavy atom. The predicted octanol–water partition coefficient (Wildman–Crippen LogP) is 5.11. The number of fused-ring (bicyclic) bond motifs is 1. The van der Waals surface area contributed by atoms with Crippen molar-refractivity contribution >= 4 is 38.8 Å². The van der Waals surface area contributed by atoms with Gasteiger partial charge in [0.15, 0.2) is 0 Å². The maximum absolute atomic E-state index is 12.7. The molecule has 0 aliphatic carbocycles. The summed E-state index contributed by atoms with van der Waals surface area (Å²) in [5.74, 6) is 0.539. The van der Waals surface area contributed by atoms with Gasteiger partial charge in [-0.3, -0.25) is 4.79 Å². The molecule has 4 rings (SSSR count). The van der Waals surface area contributed by atoms with Crippen molar-refractivity contribution in [2.45, 2.75) is 6.92 Å². The molecule has 5 nitrogen and oxygen atoms in total. The second-order valence-corrected chi connectivity index (χ2v) is 7.45. The molecule has 0 saturated carbocycles. The Labute approximate surface area is 166 Å². The van der Waals surface area contributed by atoms with Gasteiger partial charge in [0.2, 0.25) is 0 Å². The number of nitrogens with one attached hydrogen (secondary N) is 1. The Morgan fingerprint density at radius 2 is 1.93 bits per heavy atom. The first-order valence-corrected chi connectivity index (χ1v) is 9.58. The van der Waals surface area contributed by atoms with Crippen LogP contribution in [0.25, 0.3) is 21.5 Å². The lowest BCUT2D eigenvalue weighted by atomic mass is 10.1. The molecule has 2 heterocycles. The number of hydrogen-bond acceptors (Lipinski definition) is 5. The molecule has 0 saturated heterocycles.